The van der Waals surface area contributed by atoms with Crippen molar-refractivity contribution in [3.8, 4) is 0 Å². The van der Waals surface area contributed by atoms with Gasteiger partial charge in [-0.1, -0.05) is 30.3 Å². The third kappa shape index (κ3) is 6.16. The second-order valence-corrected chi connectivity index (χ2v) is 10.1. The summed E-state index contributed by atoms with van der Waals surface area (Å²) in [5.74, 6) is -2.85. The van der Waals surface area contributed by atoms with Crippen LogP contribution in [0.15, 0.2) is 71.6 Å². The number of benzene rings is 3. The number of thioether (sulfide) groups is 1. The van der Waals surface area contributed by atoms with Crippen LogP contribution in [0.5, 0.6) is 0 Å². The summed E-state index contributed by atoms with van der Waals surface area (Å²) in [5, 5.41) is 0. The number of halogens is 6. The van der Waals surface area contributed by atoms with Crippen molar-refractivity contribution < 1.29 is 50.2 Å². The van der Waals surface area contributed by atoms with Crippen LogP contribution >= 0.6 is 11.8 Å². The monoisotopic (exact) mass is 582 g/mol. The molecule has 0 bridgehead atoms. The van der Waals surface area contributed by atoms with Gasteiger partial charge in [0.2, 0.25) is 0 Å². The average Bonchev–Trinajstić information content (AvgIpc) is 2.91. The molecule has 3 aromatic carbocycles. The van der Waals surface area contributed by atoms with Crippen molar-refractivity contribution in [3.63, 3.8) is 0 Å². The molecule has 0 spiro atoms. The third-order valence-electron chi connectivity index (χ3n) is 6.24. The Morgan fingerprint density at radius 1 is 0.800 bits per heavy atom. The highest BCUT2D eigenvalue weighted by molar-refractivity contribution is 7.99. The molecular weight excluding hydrogens is 562 g/mol. The highest BCUT2D eigenvalue weighted by Gasteiger charge is 2.46. The Morgan fingerprint density at radius 3 is 1.75 bits per heavy atom. The summed E-state index contributed by atoms with van der Waals surface area (Å²) in [6.45, 7) is 0.474. The van der Waals surface area contributed by atoms with E-state index in [9.17, 15) is 40.7 Å². The van der Waals surface area contributed by atoms with Crippen LogP contribution in [0.4, 0.5) is 26.3 Å². The topological polar surface area (TPSA) is 69.7 Å². The van der Waals surface area contributed by atoms with Crippen molar-refractivity contribution in [1.29, 1.82) is 0 Å². The van der Waals surface area contributed by atoms with Crippen LogP contribution in [0, 0.1) is 12.3 Å². The number of esters is 2. The van der Waals surface area contributed by atoms with Gasteiger partial charge in [-0.05, 0) is 48.9 Å². The van der Waals surface area contributed by atoms with E-state index in [4.69, 9.17) is 9.47 Å². The maximum absolute atomic E-state index is 13.7. The molecule has 5 nitrogen and oxygen atoms in total. The first-order valence-corrected chi connectivity index (χ1v) is 12.7. The molecule has 0 N–H and O–H groups in total. The van der Waals surface area contributed by atoms with E-state index in [1.807, 2.05) is 0 Å². The summed E-state index contributed by atoms with van der Waals surface area (Å²) in [6.07, 6.45) is -9.40. The van der Waals surface area contributed by atoms with Gasteiger partial charge in [-0.25, -0.2) is 9.59 Å². The number of Topliss-reactive ketones (excluding diaryl/α,β-unsaturated/α-hetero) is 1. The predicted octanol–water partition coefficient (Wildman–Crippen LogP) is 7.02. The maximum atomic E-state index is 13.7. The van der Waals surface area contributed by atoms with Crippen molar-refractivity contribution in [2.24, 2.45) is 5.41 Å². The molecule has 210 valence electrons. The molecule has 0 aliphatic carbocycles. The van der Waals surface area contributed by atoms with Gasteiger partial charge in [0.05, 0.1) is 22.3 Å². The van der Waals surface area contributed by atoms with Gasteiger partial charge in [0.25, 0.3) is 0 Å². The fourth-order valence-electron chi connectivity index (χ4n) is 4.06. The standard InChI is InChI=1S/C28H20F6O5S/c1-16-5-2-10-21-22(16)40-15-26(23(21)35,13-38-24(36)17-6-3-8-19(11-17)27(29,30)31)14-39-25(37)18-7-4-9-20(12-18)28(32,33)34/h2-12H,13-15H2,1H3. The van der Waals surface area contributed by atoms with E-state index in [0.717, 1.165) is 42.0 Å². The van der Waals surface area contributed by atoms with E-state index in [1.54, 1.807) is 19.1 Å². The minimum absolute atomic E-state index is 0.0323. The normalized spacial score (nSPS) is 14.8. The molecule has 1 heterocycles. The second-order valence-electron chi connectivity index (χ2n) is 9.16. The molecular formula is C28H20F6O5S. The maximum Gasteiger partial charge on any atom is 0.416 e. The Kier molecular flexibility index (Phi) is 8.02. The molecule has 1 aliphatic rings. The quantitative estimate of drug-likeness (QED) is 0.230. The van der Waals surface area contributed by atoms with Crippen LogP contribution in [-0.2, 0) is 21.8 Å². The van der Waals surface area contributed by atoms with Crippen molar-refractivity contribution in [2.45, 2.75) is 24.2 Å². The zero-order valence-corrected chi connectivity index (χ0v) is 21.5. The molecule has 0 atom stereocenters. The lowest BCUT2D eigenvalue weighted by Gasteiger charge is -2.35. The molecule has 3 aromatic rings. The highest BCUT2D eigenvalue weighted by atomic mass is 32.2. The van der Waals surface area contributed by atoms with Crippen LogP contribution in [-0.4, -0.2) is 36.7 Å². The summed E-state index contributed by atoms with van der Waals surface area (Å²) in [4.78, 5) is 39.7. The van der Waals surface area contributed by atoms with E-state index in [-0.39, 0.29) is 11.3 Å². The first-order valence-electron chi connectivity index (χ1n) is 11.7. The molecule has 12 heteroatoms. The molecule has 40 heavy (non-hydrogen) atoms. The van der Waals surface area contributed by atoms with E-state index in [2.05, 4.69) is 0 Å². The number of fused-ring (bicyclic) bond motifs is 1. The average molecular weight is 583 g/mol. The molecule has 0 unspecified atom stereocenters. The van der Waals surface area contributed by atoms with Crippen molar-refractivity contribution >= 4 is 29.5 Å². The number of ketones is 1. The summed E-state index contributed by atoms with van der Waals surface area (Å²) >= 11 is 1.23. The fourth-order valence-corrected chi connectivity index (χ4v) is 5.39. The van der Waals surface area contributed by atoms with Crippen molar-refractivity contribution in [3.05, 3.63) is 100 Å². The highest BCUT2D eigenvalue weighted by Crippen LogP contribution is 2.42. The smallest absolute Gasteiger partial charge is 0.416 e. The molecule has 0 fully saturated rings. The zero-order valence-electron chi connectivity index (χ0n) is 20.7. The van der Waals surface area contributed by atoms with Gasteiger partial charge in [-0.15, -0.1) is 11.8 Å². The van der Waals surface area contributed by atoms with Crippen LogP contribution in [0.3, 0.4) is 0 Å². The number of aryl methyl sites for hydroxylation is 1. The van der Waals surface area contributed by atoms with E-state index < -0.39 is 71.0 Å². The molecule has 0 radical (unpaired) electrons. The lowest BCUT2D eigenvalue weighted by atomic mass is 9.82. The van der Waals surface area contributed by atoms with Gasteiger partial charge in [-0.2, -0.15) is 26.3 Å². The zero-order chi connectivity index (χ0) is 29.3. The molecule has 4 rings (SSSR count). The van der Waals surface area contributed by atoms with Gasteiger partial charge >= 0.3 is 24.3 Å². The van der Waals surface area contributed by atoms with Gasteiger partial charge in [-0.3, -0.25) is 4.79 Å². The molecule has 0 saturated heterocycles. The number of rotatable bonds is 6. The van der Waals surface area contributed by atoms with Gasteiger partial charge in [0.1, 0.15) is 18.6 Å². The number of hydrogen-bond acceptors (Lipinski definition) is 6. The molecule has 0 aromatic heterocycles. The Morgan fingerprint density at radius 2 is 1.27 bits per heavy atom. The second kappa shape index (κ2) is 11.0. The molecule has 0 saturated carbocycles. The van der Waals surface area contributed by atoms with E-state index in [0.29, 0.717) is 17.0 Å². The van der Waals surface area contributed by atoms with Crippen LogP contribution < -0.4 is 0 Å². The van der Waals surface area contributed by atoms with Gasteiger partial charge < -0.3 is 9.47 Å². The van der Waals surface area contributed by atoms with E-state index >= 15 is 0 Å². The Bertz CT molecular complexity index is 1390. The Labute approximate surface area is 228 Å². The minimum Gasteiger partial charge on any atom is -0.461 e. The third-order valence-corrected chi connectivity index (χ3v) is 7.77. The van der Waals surface area contributed by atoms with Gasteiger partial charge in [0, 0.05) is 16.2 Å². The number of alkyl halides is 6. The molecule has 0 amide bonds. The summed E-state index contributed by atoms with van der Waals surface area (Å²) in [6, 6.07) is 12.0. The fraction of sp³-hybridized carbons (Fsp3) is 0.250. The number of hydrogen-bond donors (Lipinski definition) is 0. The van der Waals surface area contributed by atoms with E-state index in [1.165, 1.54) is 17.8 Å². The van der Waals surface area contributed by atoms with Crippen molar-refractivity contribution in [1.82, 2.24) is 0 Å². The summed E-state index contributed by atoms with van der Waals surface area (Å²) < 4.78 is 89.1. The number of carbonyl (C=O) groups is 3. The lowest BCUT2D eigenvalue weighted by Crippen LogP contribution is -2.46. The SMILES string of the molecule is Cc1cccc2c1SCC(COC(=O)c1cccc(C(F)(F)F)c1)(COC(=O)c1cccc(C(F)(F)F)c1)C2=O. The largest absolute Gasteiger partial charge is 0.461 e. The lowest BCUT2D eigenvalue weighted by molar-refractivity contribution is -0.138. The Hall–Kier alpha value is -3.80. The summed E-state index contributed by atoms with van der Waals surface area (Å²) in [5.41, 5.74) is -3.54. The summed E-state index contributed by atoms with van der Waals surface area (Å²) in [7, 11) is 0. The minimum atomic E-state index is -4.70. The van der Waals surface area contributed by atoms with Gasteiger partial charge in [0.15, 0.2) is 5.78 Å². The Balaban J connectivity index is 1.59. The molecule has 1 aliphatic heterocycles. The van der Waals surface area contributed by atoms with Crippen LogP contribution in [0.2, 0.25) is 0 Å². The number of ether oxygens (including phenoxy) is 2. The van der Waals surface area contributed by atoms with Crippen LogP contribution in [0.25, 0.3) is 0 Å². The first-order chi connectivity index (χ1) is 18.7. The number of carbonyl (C=O) groups excluding carboxylic acids is 3. The van der Waals surface area contributed by atoms with Crippen molar-refractivity contribution in [2.75, 3.05) is 19.0 Å². The first kappa shape index (κ1) is 29.2. The van der Waals surface area contributed by atoms with Crippen LogP contribution in [0.1, 0.15) is 47.8 Å². The predicted molar refractivity (Wildman–Crippen MR) is 132 cm³/mol.